The first-order chi connectivity index (χ1) is 15.1. The topological polar surface area (TPSA) is 206 Å². The van der Waals surface area contributed by atoms with E-state index in [2.05, 4.69) is 15.6 Å². The van der Waals surface area contributed by atoms with Gasteiger partial charge < -0.3 is 37.8 Å². The molecule has 1 saturated heterocycles. The summed E-state index contributed by atoms with van der Waals surface area (Å²) in [6.45, 7) is 2.12. The number of carbonyl (C=O) groups is 4. The molecule has 32 heavy (non-hydrogen) atoms. The van der Waals surface area contributed by atoms with Crippen molar-refractivity contribution in [2.24, 2.45) is 22.2 Å². The molecular weight excluding hydrogens is 438 g/mol. The van der Waals surface area contributed by atoms with E-state index in [9.17, 15) is 24.3 Å². The van der Waals surface area contributed by atoms with Gasteiger partial charge in [-0.25, -0.2) is 4.79 Å². The van der Waals surface area contributed by atoms with E-state index in [1.807, 2.05) is 6.26 Å². The van der Waals surface area contributed by atoms with Crippen LogP contribution < -0.4 is 27.8 Å². The third-order valence-corrected chi connectivity index (χ3v) is 5.74. The van der Waals surface area contributed by atoms with Crippen LogP contribution in [-0.2, 0) is 19.2 Å². The summed E-state index contributed by atoms with van der Waals surface area (Å²) < 4.78 is 0. The van der Waals surface area contributed by atoms with Gasteiger partial charge in [0.25, 0.3) is 0 Å². The number of amides is 3. The van der Waals surface area contributed by atoms with Crippen LogP contribution in [0.15, 0.2) is 4.99 Å². The molecule has 1 fully saturated rings. The first-order valence-electron chi connectivity index (χ1n) is 10.5. The van der Waals surface area contributed by atoms with Crippen molar-refractivity contribution < 1.29 is 24.3 Å². The summed E-state index contributed by atoms with van der Waals surface area (Å²) >= 11 is 1.59. The fourth-order valence-corrected chi connectivity index (χ4v) is 3.81. The Morgan fingerprint density at radius 2 is 1.91 bits per heavy atom. The fourth-order valence-electron chi connectivity index (χ4n) is 3.32. The third-order valence-electron chi connectivity index (χ3n) is 5.10. The van der Waals surface area contributed by atoms with Gasteiger partial charge in [0, 0.05) is 13.1 Å². The van der Waals surface area contributed by atoms with Gasteiger partial charge >= 0.3 is 5.97 Å². The van der Waals surface area contributed by atoms with Crippen LogP contribution >= 0.6 is 11.8 Å². The lowest BCUT2D eigenvalue weighted by Gasteiger charge is -2.27. The molecule has 182 valence electrons. The molecule has 12 nitrogen and oxygen atoms in total. The number of rotatable bonds is 13. The molecule has 1 aliphatic heterocycles. The minimum atomic E-state index is -1.20. The molecule has 1 heterocycles. The van der Waals surface area contributed by atoms with E-state index in [1.165, 1.54) is 11.8 Å². The molecule has 0 bridgehead atoms. The summed E-state index contributed by atoms with van der Waals surface area (Å²) in [6.07, 6.45) is 4.06. The van der Waals surface area contributed by atoms with E-state index in [0.29, 0.717) is 32.2 Å². The van der Waals surface area contributed by atoms with Crippen LogP contribution in [0.2, 0.25) is 0 Å². The van der Waals surface area contributed by atoms with E-state index in [1.54, 1.807) is 11.8 Å². The van der Waals surface area contributed by atoms with E-state index in [4.69, 9.17) is 17.2 Å². The van der Waals surface area contributed by atoms with Crippen LogP contribution in [0.4, 0.5) is 0 Å². The number of guanidine groups is 1. The zero-order chi connectivity index (χ0) is 24.3. The summed E-state index contributed by atoms with van der Waals surface area (Å²) in [5.41, 5.74) is 16.4. The molecule has 0 aliphatic carbocycles. The molecular formula is C19H35N7O5S. The number of nitrogens with zero attached hydrogens (tertiary/aromatic N) is 2. The third kappa shape index (κ3) is 8.91. The van der Waals surface area contributed by atoms with Crippen molar-refractivity contribution in [2.45, 2.75) is 63.2 Å². The Kier molecular flexibility index (Phi) is 11.8. The average Bonchev–Trinajstić information content (AvgIpc) is 3.22. The predicted octanol–water partition coefficient (Wildman–Crippen LogP) is -1.81. The van der Waals surface area contributed by atoms with E-state index in [0.717, 1.165) is 5.75 Å². The van der Waals surface area contributed by atoms with Crippen molar-refractivity contribution in [3.05, 3.63) is 0 Å². The van der Waals surface area contributed by atoms with Gasteiger partial charge in [-0.05, 0) is 51.0 Å². The molecule has 0 radical (unpaired) electrons. The van der Waals surface area contributed by atoms with Gasteiger partial charge in [0.1, 0.15) is 18.1 Å². The van der Waals surface area contributed by atoms with Gasteiger partial charge in [0.15, 0.2) is 5.96 Å². The highest BCUT2D eigenvalue weighted by Gasteiger charge is 2.37. The monoisotopic (exact) mass is 473 g/mol. The summed E-state index contributed by atoms with van der Waals surface area (Å²) in [6, 6.07) is -3.50. The molecule has 4 unspecified atom stereocenters. The maximum Gasteiger partial charge on any atom is 0.326 e. The van der Waals surface area contributed by atoms with Gasteiger partial charge in [-0.1, -0.05) is 0 Å². The van der Waals surface area contributed by atoms with Crippen LogP contribution in [0.5, 0.6) is 0 Å². The molecule has 0 saturated carbocycles. The normalized spacial score (nSPS) is 18.3. The van der Waals surface area contributed by atoms with Gasteiger partial charge in [0.2, 0.25) is 17.7 Å². The Balaban J connectivity index is 2.62. The molecule has 0 aromatic carbocycles. The highest BCUT2D eigenvalue weighted by atomic mass is 32.2. The lowest BCUT2D eigenvalue weighted by atomic mass is 10.1. The van der Waals surface area contributed by atoms with Gasteiger partial charge in [-0.2, -0.15) is 11.8 Å². The number of aliphatic carboxylic acids is 1. The van der Waals surface area contributed by atoms with E-state index in [-0.39, 0.29) is 24.8 Å². The van der Waals surface area contributed by atoms with Crippen molar-refractivity contribution in [3.63, 3.8) is 0 Å². The van der Waals surface area contributed by atoms with Gasteiger partial charge in [0.05, 0.1) is 6.04 Å². The molecule has 3 amide bonds. The minimum absolute atomic E-state index is 0.0955. The number of hydrogen-bond donors (Lipinski definition) is 6. The summed E-state index contributed by atoms with van der Waals surface area (Å²) in [7, 11) is 0. The number of aliphatic imine (C=N–C) groups is 1. The summed E-state index contributed by atoms with van der Waals surface area (Å²) in [5.74, 6) is -1.93. The van der Waals surface area contributed by atoms with Crippen molar-refractivity contribution >= 4 is 41.4 Å². The number of likely N-dealkylation sites (tertiary alicyclic amines) is 1. The van der Waals surface area contributed by atoms with Crippen molar-refractivity contribution in [1.82, 2.24) is 15.5 Å². The quantitative estimate of drug-likeness (QED) is 0.101. The second-order valence-electron chi connectivity index (χ2n) is 7.66. The van der Waals surface area contributed by atoms with E-state index < -0.39 is 42.0 Å². The fraction of sp³-hybridized carbons (Fsp3) is 0.737. The number of nitrogens with one attached hydrogen (secondary N) is 2. The van der Waals surface area contributed by atoms with Crippen LogP contribution in [0.1, 0.15) is 39.0 Å². The number of nitrogens with two attached hydrogens (primary N) is 3. The zero-order valence-electron chi connectivity index (χ0n) is 18.6. The Labute approximate surface area is 192 Å². The standard InChI is InChI=1S/C19H35N7O5S/c1-11(15(27)25-13(18(30)31)5-3-8-23-19(21)22)24-16(28)14-6-4-9-26(14)17(29)12(20)7-10-32-2/h11-14H,3-10,20H2,1-2H3,(H,24,28)(H,25,27)(H,30,31)(H4,21,22,23). The number of hydrogen-bond acceptors (Lipinski definition) is 7. The lowest BCUT2D eigenvalue weighted by Crippen LogP contribution is -2.55. The highest BCUT2D eigenvalue weighted by molar-refractivity contribution is 7.98. The summed E-state index contributed by atoms with van der Waals surface area (Å²) in [5, 5.41) is 14.3. The maximum absolute atomic E-state index is 12.7. The first kappa shape index (κ1) is 27.5. The molecule has 9 N–H and O–H groups in total. The lowest BCUT2D eigenvalue weighted by molar-refractivity contribution is -0.143. The van der Waals surface area contributed by atoms with Crippen molar-refractivity contribution in [1.29, 1.82) is 0 Å². The smallest absolute Gasteiger partial charge is 0.326 e. The average molecular weight is 474 g/mol. The maximum atomic E-state index is 12.7. The highest BCUT2D eigenvalue weighted by Crippen LogP contribution is 2.19. The van der Waals surface area contributed by atoms with Crippen LogP contribution in [0.3, 0.4) is 0 Å². The van der Waals surface area contributed by atoms with Crippen molar-refractivity contribution in [3.8, 4) is 0 Å². The zero-order valence-corrected chi connectivity index (χ0v) is 19.4. The molecule has 13 heteroatoms. The Morgan fingerprint density at radius 3 is 2.50 bits per heavy atom. The predicted molar refractivity (Wildman–Crippen MR) is 123 cm³/mol. The van der Waals surface area contributed by atoms with E-state index >= 15 is 0 Å². The minimum Gasteiger partial charge on any atom is -0.480 e. The second kappa shape index (κ2) is 13.8. The number of carboxylic acid groups (broad SMARTS) is 1. The number of carbonyl (C=O) groups excluding carboxylic acids is 3. The molecule has 1 aliphatic rings. The SMILES string of the molecule is CSCCC(N)C(=O)N1CCCC1C(=O)NC(C)C(=O)NC(CCCN=C(N)N)C(=O)O. The molecule has 1 rings (SSSR count). The first-order valence-corrected chi connectivity index (χ1v) is 11.9. The van der Waals surface area contributed by atoms with Crippen LogP contribution in [-0.4, -0.2) is 88.9 Å². The van der Waals surface area contributed by atoms with Gasteiger partial charge in [-0.15, -0.1) is 0 Å². The Hall–Kier alpha value is -2.54. The largest absolute Gasteiger partial charge is 0.480 e. The molecule has 4 atom stereocenters. The van der Waals surface area contributed by atoms with Crippen LogP contribution in [0.25, 0.3) is 0 Å². The number of thioether (sulfide) groups is 1. The van der Waals surface area contributed by atoms with Crippen LogP contribution in [0, 0.1) is 0 Å². The Morgan fingerprint density at radius 1 is 1.22 bits per heavy atom. The molecule has 0 aromatic rings. The van der Waals surface area contributed by atoms with Crippen molar-refractivity contribution in [2.75, 3.05) is 25.1 Å². The molecule has 0 aromatic heterocycles. The van der Waals surface area contributed by atoms with Gasteiger partial charge in [-0.3, -0.25) is 19.4 Å². The Bertz CT molecular complexity index is 702. The second-order valence-corrected chi connectivity index (χ2v) is 8.64. The molecule has 0 spiro atoms. The number of carboxylic acids is 1. The summed E-state index contributed by atoms with van der Waals surface area (Å²) in [4.78, 5) is 54.4.